The Labute approximate surface area is 267 Å². The van der Waals surface area contributed by atoms with Crippen LogP contribution in [-0.4, -0.2) is 59.8 Å². The fourth-order valence-corrected chi connectivity index (χ4v) is 6.27. The van der Waals surface area contributed by atoms with Crippen molar-refractivity contribution in [3.05, 3.63) is 83.9 Å². The molecule has 2 aromatic rings. The van der Waals surface area contributed by atoms with Crippen molar-refractivity contribution in [3.8, 4) is 0 Å². The Bertz CT molecular complexity index is 1180. The fraction of sp³-hybridized carbons (Fsp3) is 0.568. The highest BCUT2D eigenvalue weighted by atomic mass is 16.7. The van der Waals surface area contributed by atoms with Crippen LogP contribution in [0.4, 0.5) is 0 Å². The first-order chi connectivity index (χ1) is 21.8. The maximum absolute atomic E-state index is 13.2. The van der Waals surface area contributed by atoms with Crippen LogP contribution in [0, 0.1) is 17.8 Å². The zero-order valence-electron chi connectivity index (χ0n) is 26.7. The van der Waals surface area contributed by atoms with Gasteiger partial charge in [0.25, 0.3) is 0 Å². The van der Waals surface area contributed by atoms with Crippen molar-refractivity contribution in [3.63, 3.8) is 0 Å². The smallest absolute Gasteiger partial charge is 0.313 e. The molecular formula is C37H50O8. The minimum atomic E-state index is -0.624. The van der Waals surface area contributed by atoms with Gasteiger partial charge in [-0.3, -0.25) is 9.59 Å². The molecule has 1 aliphatic carbocycles. The number of benzene rings is 2. The molecule has 0 amide bonds. The van der Waals surface area contributed by atoms with E-state index >= 15 is 0 Å². The number of aryl methyl sites for hydroxylation is 1. The Kier molecular flexibility index (Phi) is 14.1. The standard InChI is InChI=1S/C37H50O8/c1-26(2)44-35(40)18-12-4-3-11-17-31-32(22-21-30(38)20-19-27-13-7-5-8-14-27)34(23-33(31)39)45-36(41)29-24-42-37(43-25-29)28-15-9-6-10-16-28/h3,5-11,13-16,26,29-34,37-39H,4,12,17-25H2,1-2H3/b11-3-/t29?,30-,31+,32-,33-,34+,37?/m0/s1. The van der Waals surface area contributed by atoms with Gasteiger partial charge in [-0.05, 0) is 70.3 Å². The zero-order chi connectivity index (χ0) is 32.0. The summed E-state index contributed by atoms with van der Waals surface area (Å²) in [4.78, 5) is 25.0. The minimum absolute atomic E-state index is 0.0940. The van der Waals surface area contributed by atoms with Gasteiger partial charge in [0.1, 0.15) is 12.0 Å². The lowest BCUT2D eigenvalue weighted by atomic mass is 9.85. The van der Waals surface area contributed by atoms with Gasteiger partial charge in [-0.1, -0.05) is 72.8 Å². The molecule has 8 heteroatoms. The van der Waals surface area contributed by atoms with Crippen molar-refractivity contribution < 1.29 is 38.7 Å². The molecule has 246 valence electrons. The van der Waals surface area contributed by atoms with Crippen LogP contribution in [0.3, 0.4) is 0 Å². The quantitative estimate of drug-likeness (QED) is 0.131. The van der Waals surface area contributed by atoms with Crippen molar-refractivity contribution in [1.82, 2.24) is 0 Å². The van der Waals surface area contributed by atoms with E-state index in [1.165, 1.54) is 5.56 Å². The number of carbonyl (C=O) groups is 2. The Morgan fingerprint density at radius 1 is 0.956 bits per heavy atom. The molecule has 2 fully saturated rings. The van der Waals surface area contributed by atoms with E-state index in [1.807, 2.05) is 68.5 Å². The number of aliphatic hydroxyl groups excluding tert-OH is 2. The SMILES string of the molecule is CC(C)OC(=O)CCC/C=C\C[C@@H]1[C@H](CC[C@@H](O)CCc2ccccc2)[C@H](OC(=O)C2COC(c3ccccc3)OC2)C[C@@H]1O. The normalized spacial score (nSPS) is 25.8. The number of ether oxygens (including phenoxy) is 4. The van der Waals surface area contributed by atoms with Crippen LogP contribution in [0.1, 0.15) is 82.6 Å². The summed E-state index contributed by atoms with van der Waals surface area (Å²) in [7, 11) is 0. The first-order valence-electron chi connectivity index (χ1n) is 16.5. The number of carbonyl (C=O) groups excluding carboxylic acids is 2. The summed E-state index contributed by atoms with van der Waals surface area (Å²) in [5, 5.41) is 21.9. The second kappa shape index (κ2) is 18.2. The molecule has 1 saturated heterocycles. The first kappa shape index (κ1) is 34.8. The topological polar surface area (TPSA) is 112 Å². The molecule has 0 radical (unpaired) electrons. The van der Waals surface area contributed by atoms with Crippen LogP contribution in [0.25, 0.3) is 0 Å². The van der Waals surface area contributed by atoms with E-state index in [4.69, 9.17) is 18.9 Å². The van der Waals surface area contributed by atoms with Crippen molar-refractivity contribution >= 4 is 11.9 Å². The second-order valence-corrected chi connectivity index (χ2v) is 12.6. The third kappa shape index (κ3) is 11.4. The third-order valence-electron chi connectivity index (χ3n) is 8.70. The second-order valence-electron chi connectivity index (χ2n) is 12.6. The lowest BCUT2D eigenvalue weighted by Gasteiger charge is -2.30. The van der Waals surface area contributed by atoms with Crippen LogP contribution in [0.15, 0.2) is 72.8 Å². The number of hydrogen-bond donors (Lipinski definition) is 2. The molecule has 5 atom stereocenters. The number of hydrogen-bond acceptors (Lipinski definition) is 8. The number of rotatable bonds is 16. The summed E-state index contributed by atoms with van der Waals surface area (Å²) in [6.45, 7) is 4.08. The van der Waals surface area contributed by atoms with Crippen LogP contribution >= 0.6 is 0 Å². The number of unbranched alkanes of at least 4 members (excludes halogenated alkanes) is 1. The lowest BCUT2D eigenvalue weighted by Crippen LogP contribution is -2.36. The molecule has 0 aromatic heterocycles. The summed E-state index contributed by atoms with van der Waals surface area (Å²) >= 11 is 0. The van der Waals surface area contributed by atoms with Crippen molar-refractivity contribution in [1.29, 1.82) is 0 Å². The molecule has 1 heterocycles. The molecule has 2 N–H and O–H groups in total. The van der Waals surface area contributed by atoms with Gasteiger partial charge in [-0.25, -0.2) is 0 Å². The number of esters is 2. The molecule has 2 aliphatic rings. The van der Waals surface area contributed by atoms with E-state index in [0.717, 1.165) is 18.4 Å². The molecule has 8 nitrogen and oxygen atoms in total. The molecule has 4 rings (SSSR count). The van der Waals surface area contributed by atoms with Gasteiger partial charge in [0, 0.05) is 24.3 Å². The van der Waals surface area contributed by atoms with Gasteiger partial charge in [0.2, 0.25) is 0 Å². The van der Waals surface area contributed by atoms with E-state index in [0.29, 0.717) is 44.9 Å². The Balaban J connectivity index is 1.31. The lowest BCUT2D eigenvalue weighted by molar-refractivity contribution is -0.215. The maximum atomic E-state index is 13.2. The molecule has 0 unspecified atom stereocenters. The molecular weight excluding hydrogens is 572 g/mol. The highest BCUT2D eigenvalue weighted by Crippen LogP contribution is 2.41. The summed E-state index contributed by atoms with van der Waals surface area (Å²) in [6, 6.07) is 19.7. The van der Waals surface area contributed by atoms with Crippen LogP contribution < -0.4 is 0 Å². The third-order valence-corrected chi connectivity index (χ3v) is 8.70. The Hall–Kier alpha value is -3.04. The molecule has 1 aliphatic heterocycles. The van der Waals surface area contributed by atoms with Gasteiger partial charge in [0.15, 0.2) is 6.29 Å². The summed E-state index contributed by atoms with van der Waals surface area (Å²) in [5.74, 6) is -1.31. The van der Waals surface area contributed by atoms with Crippen LogP contribution in [0.5, 0.6) is 0 Å². The largest absolute Gasteiger partial charge is 0.463 e. The fourth-order valence-electron chi connectivity index (χ4n) is 6.27. The highest BCUT2D eigenvalue weighted by Gasteiger charge is 2.44. The van der Waals surface area contributed by atoms with Gasteiger partial charge < -0.3 is 29.2 Å². The van der Waals surface area contributed by atoms with Crippen molar-refractivity contribution in [2.75, 3.05) is 13.2 Å². The van der Waals surface area contributed by atoms with E-state index in [9.17, 15) is 19.8 Å². The molecule has 1 saturated carbocycles. The average molecular weight is 623 g/mol. The maximum Gasteiger partial charge on any atom is 0.313 e. The van der Waals surface area contributed by atoms with Gasteiger partial charge in [-0.2, -0.15) is 0 Å². The zero-order valence-corrected chi connectivity index (χ0v) is 26.7. The Morgan fingerprint density at radius 3 is 2.33 bits per heavy atom. The Morgan fingerprint density at radius 2 is 1.64 bits per heavy atom. The minimum Gasteiger partial charge on any atom is -0.463 e. The highest BCUT2D eigenvalue weighted by molar-refractivity contribution is 5.73. The number of aliphatic hydroxyl groups is 2. The molecule has 45 heavy (non-hydrogen) atoms. The van der Waals surface area contributed by atoms with Crippen LogP contribution in [-0.2, 0) is 35.0 Å². The molecule has 0 spiro atoms. The van der Waals surface area contributed by atoms with E-state index < -0.39 is 30.5 Å². The van der Waals surface area contributed by atoms with Gasteiger partial charge >= 0.3 is 11.9 Å². The van der Waals surface area contributed by atoms with Crippen LogP contribution in [0.2, 0.25) is 0 Å². The van der Waals surface area contributed by atoms with E-state index in [1.54, 1.807) is 0 Å². The number of allylic oxidation sites excluding steroid dienone is 2. The molecule has 0 bridgehead atoms. The van der Waals surface area contributed by atoms with Crippen molar-refractivity contribution in [2.45, 2.75) is 102 Å². The van der Waals surface area contributed by atoms with E-state index in [-0.39, 0.29) is 43.1 Å². The van der Waals surface area contributed by atoms with Gasteiger partial charge in [0.05, 0.1) is 31.5 Å². The summed E-state index contributed by atoms with van der Waals surface area (Å²) in [6.07, 6.45) is 7.33. The predicted octanol–water partition coefficient (Wildman–Crippen LogP) is 6.10. The van der Waals surface area contributed by atoms with Crippen molar-refractivity contribution in [2.24, 2.45) is 17.8 Å². The van der Waals surface area contributed by atoms with E-state index in [2.05, 4.69) is 18.2 Å². The summed E-state index contributed by atoms with van der Waals surface area (Å²) < 4.78 is 22.9. The monoisotopic (exact) mass is 622 g/mol. The molecule has 2 aromatic carbocycles. The average Bonchev–Trinajstić information content (AvgIpc) is 3.34. The predicted molar refractivity (Wildman–Crippen MR) is 171 cm³/mol. The first-order valence-corrected chi connectivity index (χ1v) is 16.5. The van der Waals surface area contributed by atoms with Gasteiger partial charge in [-0.15, -0.1) is 0 Å². The summed E-state index contributed by atoms with van der Waals surface area (Å²) in [5.41, 5.74) is 2.09.